The van der Waals surface area contributed by atoms with Crippen molar-refractivity contribution < 1.29 is 27.5 Å². The maximum Gasteiger partial charge on any atom is 0.254 e. The summed E-state index contributed by atoms with van der Waals surface area (Å²) in [5.41, 5.74) is 6.85. The number of likely N-dealkylation sites (tertiary alicyclic amines) is 2. The molecule has 2 atom stereocenters. The molecule has 4 N–H and O–H groups in total. The van der Waals surface area contributed by atoms with Crippen LogP contribution in [0, 0.1) is 18.6 Å². The quantitative estimate of drug-likeness (QED) is 0.0794. The van der Waals surface area contributed by atoms with Gasteiger partial charge in [0.2, 0.25) is 0 Å². The van der Waals surface area contributed by atoms with Crippen LogP contribution < -0.4 is 21.3 Å². The lowest BCUT2D eigenvalue weighted by molar-refractivity contribution is 0.0312. The number of hydrogen-bond acceptors (Lipinski definition) is 11. The van der Waals surface area contributed by atoms with Gasteiger partial charge in [-0.05, 0) is 113 Å². The Morgan fingerprint density at radius 2 is 1.26 bits per heavy atom. The Morgan fingerprint density at radius 1 is 0.700 bits per heavy atom. The van der Waals surface area contributed by atoms with Crippen molar-refractivity contribution in [2.45, 2.75) is 82.1 Å². The second-order valence-electron chi connectivity index (χ2n) is 18.7. The van der Waals surface area contributed by atoms with Crippen LogP contribution in [0.25, 0.3) is 33.6 Å². The van der Waals surface area contributed by atoms with Gasteiger partial charge in [0, 0.05) is 80.5 Å². The summed E-state index contributed by atoms with van der Waals surface area (Å²) in [6, 6.07) is 10.4. The summed E-state index contributed by atoms with van der Waals surface area (Å²) in [6.45, 7) is 5.65. The average Bonchev–Trinajstić information content (AvgIpc) is 4.25. The number of likely N-dealkylation sites (N-methyl/N-ethyl adjacent to an activating group) is 1. The van der Waals surface area contributed by atoms with Crippen LogP contribution in [0.15, 0.2) is 86.0 Å². The number of piperidine rings is 2. The van der Waals surface area contributed by atoms with Gasteiger partial charge in [0.25, 0.3) is 11.8 Å². The lowest BCUT2D eigenvalue weighted by Gasteiger charge is -2.36. The van der Waals surface area contributed by atoms with E-state index in [1.807, 2.05) is 25.3 Å². The van der Waals surface area contributed by atoms with Crippen molar-refractivity contribution in [3.05, 3.63) is 119 Å². The number of amides is 2. The van der Waals surface area contributed by atoms with Crippen LogP contribution in [0.3, 0.4) is 0 Å². The predicted molar refractivity (Wildman–Crippen MR) is 264 cm³/mol. The van der Waals surface area contributed by atoms with E-state index in [4.69, 9.17) is 16.3 Å². The van der Waals surface area contributed by atoms with Crippen molar-refractivity contribution in [2.75, 3.05) is 64.2 Å². The first kappa shape index (κ1) is 48.7. The Labute approximate surface area is 410 Å². The molecule has 2 aromatic carbocycles. The van der Waals surface area contributed by atoms with Gasteiger partial charge in [-0.2, -0.15) is 10.2 Å². The molecule has 70 heavy (non-hydrogen) atoms. The van der Waals surface area contributed by atoms with Crippen molar-refractivity contribution in [2.24, 2.45) is 0 Å². The van der Waals surface area contributed by atoms with E-state index < -0.39 is 17.5 Å². The number of aryl methyl sites for hydroxylation is 1. The molecule has 2 saturated carbocycles. The molecule has 0 unspecified atom stereocenters. The van der Waals surface area contributed by atoms with Crippen LogP contribution in [-0.4, -0.2) is 135 Å². The summed E-state index contributed by atoms with van der Waals surface area (Å²) in [4.78, 5) is 38.1. The Morgan fingerprint density at radius 3 is 1.83 bits per heavy atom. The fraction of sp³-hybridized carbons (Fsp3) is 0.412. The third-order valence-corrected chi connectivity index (χ3v) is 13.5. The summed E-state index contributed by atoms with van der Waals surface area (Å²) in [6.07, 6.45) is 20.7. The highest BCUT2D eigenvalue weighted by Crippen LogP contribution is 2.33. The number of alkyl halides is 1. The Bertz CT molecular complexity index is 2810. The summed E-state index contributed by atoms with van der Waals surface area (Å²) in [5, 5.41) is 21.9. The number of ether oxygens (including phenoxy) is 1. The van der Waals surface area contributed by atoms with Crippen LogP contribution >= 0.6 is 11.6 Å². The predicted octanol–water partition coefficient (Wildman–Crippen LogP) is 7.87. The number of rotatable bonds is 15. The van der Waals surface area contributed by atoms with Gasteiger partial charge < -0.3 is 35.8 Å². The maximum absolute atomic E-state index is 14.5. The van der Waals surface area contributed by atoms with Gasteiger partial charge in [0.05, 0.1) is 88.2 Å². The first-order valence-electron chi connectivity index (χ1n) is 23.9. The number of carbonyl (C=O) groups excluding carboxylic acids is 2. The molecule has 6 heterocycles. The summed E-state index contributed by atoms with van der Waals surface area (Å²) in [7, 11) is 3.83. The van der Waals surface area contributed by atoms with Gasteiger partial charge >= 0.3 is 0 Å². The van der Waals surface area contributed by atoms with Gasteiger partial charge in [-0.3, -0.25) is 19.6 Å². The molecule has 10 rings (SSSR count). The highest BCUT2D eigenvalue weighted by atomic mass is 35.5. The SMILES string of the molecule is CO[C@@H]1CN(C)CC[C@@H]1Nc1cncc(-n2cc(-c3cc(C(=O)NC4CC4)c(F)cc3Cl)cn2)c1.Cc1cc(F)c(C(=O)NC2CC2)cc1-c1cnn(-c2cncc(NC3CCN(CCF)CC3)c2)c1. The Balaban J connectivity index is 0.000000174. The molecule has 4 fully saturated rings. The zero-order valence-corrected chi connectivity index (χ0v) is 40.2. The number of halogens is 4. The lowest BCUT2D eigenvalue weighted by atomic mass is 9.99. The van der Waals surface area contributed by atoms with Gasteiger partial charge in [-0.15, -0.1) is 0 Å². The summed E-state index contributed by atoms with van der Waals surface area (Å²) in [5.74, 6) is -1.97. The average molecular weight is 980 g/mol. The number of hydrogen-bond donors (Lipinski definition) is 4. The Kier molecular flexibility index (Phi) is 15.1. The van der Waals surface area contributed by atoms with E-state index >= 15 is 0 Å². The highest BCUT2D eigenvalue weighted by Gasteiger charge is 2.29. The van der Waals surface area contributed by atoms with Crippen LogP contribution in [0.5, 0.6) is 0 Å². The van der Waals surface area contributed by atoms with Crippen molar-refractivity contribution in [3.63, 3.8) is 0 Å². The minimum atomic E-state index is -0.643. The largest absolute Gasteiger partial charge is 0.381 e. The van der Waals surface area contributed by atoms with Crippen molar-refractivity contribution >= 4 is 34.8 Å². The third kappa shape index (κ3) is 12.0. The van der Waals surface area contributed by atoms with Crippen LogP contribution in [-0.2, 0) is 4.74 Å². The minimum Gasteiger partial charge on any atom is -0.381 e. The van der Waals surface area contributed by atoms with Crippen molar-refractivity contribution in [3.8, 4) is 33.6 Å². The van der Waals surface area contributed by atoms with Gasteiger partial charge in [0.1, 0.15) is 18.3 Å². The molecular formula is C51H58ClF3N12O3. The summed E-state index contributed by atoms with van der Waals surface area (Å²) >= 11 is 6.34. The standard InChI is InChI=1S/C26H30F2N6O.C25H28ClFN6O2/c1-17-10-25(28)24(26(35)32-19-2-3-19)12-23(17)18-13-30-34(16-18)22-11-21(14-29-15-22)31-20-4-7-33(8-5-20)9-6-27;1-32-6-5-23(24(14-32)35-2)30-17-7-18(12-28-11-17)33-13-15(10-29-33)19-8-20(22(27)9-21(19)26)25(34)31-16-3-4-16/h10-16,19-20,31H,2-9H2,1H3,(H,32,35);7-13,16,23-24,30H,3-6,14H2,1-2H3,(H,31,34)/t;23-,24+/m.0/s1. The number of pyridine rings is 2. The number of carbonyl (C=O) groups is 2. The number of methoxy groups -OCH3 is 1. The molecule has 2 amide bonds. The zero-order chi connectivity index (χ0) is 48.9. The molecule has 368 valence electrons. The van der Waals surface area contributed by atoms with Crippen molar-refractivity contribution in [1.29, 1.82) is 0 Å². The third-order valence-electron chi connectivity index (χ3n) is 13.2. The Hall–Kier alpha value is -6.34. The smallest absolute Gasteiger partial charge is 0.254 e. The number of nitrogens with one attached hydrogen (secondary N) is 4. The van der Waals surface area contributed by atoms with E-state index in [1.54, 1.807) is 65.9 Å². The molecule has 4 aliphatic rings. The van der Waals surface area contributed by atoms with Gasteiger partial charge in [-0.1, -0.05) is 11.6 Å². The molecular weight excluding hydrogens is 921 g/mol. The maximum atomic E-state index is 14.5. The highest BCUT2D eigenvalue weighted by molar-refractivity contribution is 6.33. The number of aromatic nitrogens is 6. The van der Waals surface area contributed by atoms with Gasteiger partial charge in [-0.25, -0.2) is 22.5 Å². The van der Waals surface area contributed by atoms with Crippen molar-refractivity contribution in [1.82, 2.24) is 50.0 Å². The topological polar surface area (TPSA) is 159 Å². The molecule has 19 heteroatoms. The first-order valence-corrected chi connectivity index (χ1v) is 24.2. The van der Waals surface area contributed by atoms with E-state index in [0.29, 0.717) is 23.7 Å². The molecule has 0 bridgehead atoms. The zero-order valence-electron chi connectivity index (χ0n) is 39.5. The number of anilines is 2. The van der Waals surface area contributed by atoms with Crippen LogP contribution in [0.4, 0.5) is 24.5 Å². The molecule has 0 spiro atoms. The van der Waals surface area contributed by atoms with E-state index in [9.17, 15) is 22.8 Å². The van der Waals surface area contributed by atoms with Gasteiger partial charge in [0.15, 0.2) is 0 Å². The second-order valence-corrected chi connectivity index (χ2v) is 19.1. The molecule has 15 nitrogen and oxygen atoms in total. The summed E-state index contributed by atoms with van der Waals surface area (Å²) < 4.78 is 50.6. The lowest BCUT2D eigenvalue weighted by Crippen LogP contribution is -2.49. The van der Waals surface area contributed by atoms with Crippen LogP contribution in [0.2, 0.25) is 5.02 Å². The fourth-order valence-corrected chi connectivity index (χ4v) is 9.16. The normalized spacial score (nSPS) is 18.7. The molecule has 2 saturated heterocycles. The molecule has 2 aliphatic heterocycles. The fourth-order valence-electron chi connectivity index (χ4n) is 8.90. The monoisotopic (exact) mass is 978 g/mol. The minimum absolute atomic E-state index is 0.0252. The molecule has 4 aromatic heterocycles. The number of nitrogens with zero attached hydrogens (tertiary/aromatic N) is 8. The molecule has 0 radical (unpaired) electrons. The number of benzene rings is 2. The van der Waals surface area contributed by atoms with E-state index in [2.05, 4.69) is 58.3 Å². The van der Waals surface area contributed by atoms with E-state index in [1.165, 1.54) is 18.2 Å². The first-order chi connectivity index (χ1) is 33.9. The van der Waals surface area contributed by atoms with Crippen LogP contribution in [0.1, 0.15) is 71.2 Å². The molecule has 2 aliphatic carbocycles. The van der Waals surface area contributed by atoms with E-state index in [0.717, 1.165) is 111 Å². The molecule has 6 aromatic rings. The van der Waals surface area contributed by atoms with E-state index in [-0.39, 0.29) is 53.0 Å². The second kappa shape index (κ2) is 21.7.